The van der Waals surface area contributed by atoms with Crippen LogP contribution in [-0.4, -0.2) is 45.4 Å². The van der Waals surface area contributed by atoms with Crippen molar-refractivity contribution >= 4 is 23.1 Å². The molecule has 3 N–H and O–H groups in total. The molecule has 1 saturated carbocycles. The number of rotatable bonds is 4. The minimum Gasteiger partial charge on any atom is -0.507 e. The third-order valence-electron chi connectivity index (χ3n) is 7.27. The number of benzene rings is 1. The Morgan fingerprint density at radius 3 is 2.47 bits per heavy atom. The maximum atomic E-state index is 13.6. The van der Waals surface area contributed by atoms with E-state index in [1.165, 1.54) is 14.0 Å². The van der Waals surface area contributed by atoms with Gasteiger partial charge in [0.2, 0.25) is 11.6 Å². The van der Waals surface area contributed by atoms with E-state index in [9.17, 15) is 29.7 Å². The predicted molar refractivity (Wildman–Crippen MR) is 116 cm³/mol. The number of fused-ring (bicyclic) bond motifs is 3. The van der Waals surface area contributed by atoms with Crippen LogP contribution in [0.15, 0.2) is 22.8 Å². The van der Waals surface area contributed by atoms with Crippen LogP contribution < -0.4 is 0 Å². The van der Waals surface area contributed by atoms with E-state index in [1.54, 1.807) is 6.92 Å². The number of Topliss-reactive ketones (excluding diaryl/α,β-unsaturated/α-hetero) is 3. The van der Waals surface area contributed by atoms with Crippen molar-refractivity contribution in [2.75, 3.05) is 7.11 Å². The number of aliphatic hydroxyl groups is 2. The van der Waals surface area contributed by atoms with E-state index in [4.69, 9.17) is 4.74 Å². The van der Waals surface area contributed by atoms with Gasteiger partial charge in [0.15, 0.2) is 11.4 Å². The van der Waals surface area contributed by atoms with Crippen LogP contribution in [0.3, 0.4) is 0 Å². The molecule has 0 bridgehead atoms. The van der Waals surface area contributed by atoms with Crippen molar-refractivity contribution in [3.8, 4) is 5.75 Å². The topological polar surface area (TPSA) is 121 Å². The molecule has 170 valence electrons. The fourth-order valence-corrected chi connectivity index (χ4v) is 5.81. The summed E-state index contributed by atoms with van der Waals surface area (Å²) in [6, 6.07) is 1.85. The molecule has 0 aliphatic heterocycles. The van der Waals surface area contributed by atoms with Crippen LogP contribution in [-0.2, 0) is 38.6 Å². The lowest BCUT2D eigenvalue weighted by Crippen LogP contribution is -2.61. The average molecular weight is 440 g/mol. The van der Waals surface area contributed by atoms with Gasteiger partial charge < -0.3 is 20.1 Å². The molecule has 1 aromatic rings. The van der Waals surface area contributed by atoms with Crippen molar-refractivity contribution in [3.05, 3.63) is 45.0 Å². The zero-order chi connectivity index (χ0) is 23.5. The molecule has 0 radical (unpaired) electrons. The monoisotopic (exact) mass is 440 g/mol. The highest BCUT2D eigenvalue weighted by Gasteiger charge is 2.60. The quantitative estimate of drug-likeness (QED) is 0.486. The van der Waals surface area contributed by atoms with E-state index in [0.717, 1.165) is 11.1 Å². The van der Waals surface area contributed by atoms with Crippen LogP contribution in [0.4, 0.5) is 0 Å². The largest absolute Gasteiger partial charge is 0.507 e. The number of hydrogen-bond donors (Lipinski definition) is 3. The predicted octanol–water partition coefficient (Wildman–Crippen LogP) is 2.74. The summed E-state index contributed by atoms with van der Waals surface area (Å²) in [5.74, 6) is -3.87. The molecule has 3 aliphatic carbocycles. The molecular formula is C25H28O7. The summed E-state index contributed by atoms with van der Waals surface area (Å²) in [5.41, 5.74) is 0.384. The second-order valence-corrected chi connectivity index (χ2v) is 9.12. The first kappa shape index (κ1) is 22.4. The Kier molecular flexibility index (Phi) is 5.38. The van der Waals surface area contributed by atoms with Crippen molar-refractivity contribution in [2.24, 2.45) is 11.8 Å². The number of carbonyl (C=O) groups is 3. The average Bonchev–Trinajstić information content (AvgIpc) is 2.72. The molecule has 7 heteroatoms. The highest BCUT2D eigenvalue weighted by atomic mass is 16.5. The van der Waals surface area contributed by atoms with E-state index in [1.807, 2.05) is 13.0 Å². The maximum Gasteiger partial charge on any atom is 0.206 e. The van der Waals surface area contributed by atoms with Gasteiger partial charge in [-0.1, -0.05) is 12.5 Å². The maximum absolute atomic E-state index is 13.6. The molecule has 3 aliphatic rings. The van der Waals surface area contributed by atoms with E-state index >= 15 is 0 Å². The van der Waals surface area contributed by atoms with E-state index in [-0.39, 0.29) is 35.5 Å². The third-order valence-corrected chi connectivity index (χ3v) is 7.27. The first-order valence-corrected chi connectivity index (χ1v) is 10.9. The standard InChI is InChI=1S/C25H28O7/c1-5-13-7-15(10-32-4)21(27)20-17(13)9-14-8-16-6-11(2)18(12(3)26)23(29)25(16,31)24(30)19(14)22(20)28/h7,14,16,27-28,31H,5-6,8-10H2,1-4H3. The second kappa shape index (κ2) is 7.67. The Labute approximate surface area is 186 Å². The third kappa shape index (κ3) is 2.91. The summed E-state index contributed by atoms with van der Waals surface area (Å²) in [6.07, 6.45) is 1.66. The van der Waals surface area contributed by atoms with Gasteiger partial charge >= 0.3 is 0 Å². The van der Waals surface area contributed by atoms with Gasteiger partial charge in [-0.3, -0.25) is 14.4 Å². The Bertz CT molecular complexity index is 1120. The minimum absolute atomic E-state index is 0.0426. The molecule has 7 nitrogen and oxygen atoms in total. The van der Waals surface area contributed by atoms with Gasteiger partial charge in [-0.2, -0.15) is 0 Å². The normalized spacial score (nSPS) is 27.3. The fraction of sp³-hybridized carbons (Fsp3) is 0.480. The van der Waals surface area contributed by atoms with Gasteiger partial charge in [0.1, 0.15) is 11.5 Å². The molecule has 0 spiro atoms. The second-order valence-electron chi connectivity index (χ2n) is 9.12. The number of aliphatic hydroxyl groups excluding tert-OH is 1. The zero-order valence-electron chi connectivity index (χ0n) is 18.7. The Morgan fingerprint density at radius 2 is 1.88 bits per heavy atom. The van der Waals surface area contributed by atoms with Gasteiger partial charge in [0.25, 0.3) is 0 Å². The molecule has 1 fully saturated rings. The SMILES string of the molecule is CCc1cc(COC)c(O)c2c1CC1CC3CC(C)=C(C(C)=O)C(=O)C3(O)C(=O)C1=C2O. The number of carbonyl (C=O) groups excluding carboxylic acids is 3. The molecule has 0 heterocycles. The van der Waals surface area contributed by atoms with Crippen LogP contribution in [0.25, 0.3) is 5.76 Å². The van der Waals surface area contributed by atoms with Crippen molar-refractivity contribution in [1.82, 2.24) is 0 Å². The number of allylic oxidation sites excluding steroid dienone is 1. The number of phenolic OH excluding ortho intramolecular Hbond substituents is 1. The summed E-state index contributed by atoms with van der Waals surface area (Å²) >= 11 is 0. The zero-order valence-corrected chi connectivity index (χ0v) is 18.7. The van der Waals surface area contributed by atoms with Crippen LogP contribution in [0.2, 0.25) is 0 Å². The van der Waals surface area contributed by atoms with E-state index in [2.05, 4.69) is 0 Å². The number of phenols is 1. The molecule has 3 atom stereocenters. The summed E-state index contributed by atoms with van der Waals surface area (Å²) in [4.78, 5) is 38.8. The number of hydrogen-bond acceptors (Lipinski definition) is 7. The first-order chi connectivity index (χ1) is 15.1. The molecular weight excluding hydrogens is 412 g/mol. The van der Waals surface area contributed by atoms with Crippen LogP contribution >= 0.6 is 0 Å². The van der Waals surface area contributed by atoms with Crippen molar-refractivity contribution in [2.45, 2.75) is 58.7 Å². The highest BCUT2D eigenvalue weighted by Crippen LogP contribution is 2.52. The molecule has 3 unspecified atom stereocenters. The number of ether oxygens (including phenoxy) is 1. The smallest absolute Gasteiger partial charge is 0.206 e. The number of ketones is 3. The van der Waals surface area contributed by atoms with Gasteiger partial charge in [-0.15, -0.1) is 0 Å². The van der Waals surface area contributed by atoms with Gasteiger partial charge in [-0.25, -0.2) is 0 Å². The molecule has 32 heavy (non-hydrogen) atoms. The molecule has 1 aromatic carbocycles. The Morgan fingerprint density at radius 1 is 1.19 bits per heavy atom. The van der Waals surface area contributed by atoms with E-state index < -0.39 is 40.5 Å². The number of methoxy groups -OCH3 is 1. The number of aromatic hydroxyl groups is 1. The Balaban J connectivity index is 1.92. The summed E-state index contributed by atoms with van der Waals surface area (Å²) < 4.78 is 5.16. The van der Waals surface area contributed by atoms with Crippen molar-refractivity contribution < 1.29 is 34.4 Å². The van der Waals surface area contributed by atoms with Crippen LogP contribution in [0, 0.1) is 11.8 Å². The molecule has 0 aromatic heterocycles. The van der Waals surface area contributed by atoms with Crippen molar-refractivity contribution in [1.29, 1.82) is 0 Å². The summed E-state index contributed by atoms with van der Waals surface area (Å²) in [5, 5.41) is 33.4. The lowest BCUT2D eigenvalue weighted by Gasteiger charge is -2.46. The minimum atomic E-state index is -2.38. The van der Waals surface area contributed by atoms with Gasteiger partial charge in [-0.05, 0) is 62.6 Å². The lowest BCUT2D eigenvalue weighted by atomic mass is 9.57. The van der Waals surface area contributed by atoms with Crippen LogP contribution in [0.1, 0.15) is 55.9 Å². The van der Waals surface area contributed by atoms with Crippen LogP contribution in [0.5, 0.6) is 5.75 Å². The molecule has 4 rings (SSSR count). The summed E-state index contributed by atoms with van der Waals surface area (Å²) in [6.45, 7) is 5.03. The fourth-order valence-electron chi connectivity index (χ4n) is 5.81. The van der Waals surface area contributed by atoms with Crippen molar-refractivity contribution in [3.63, 3.8) is 0 Å². The number of aryl methyl sites for hydroxylation is 1. The first-order valence-electron chi connectivity index (χ1n) is 10.9. The van der Waals surface area contributed by atoms with E-state index in [0.29, 0.717) is 30.4 Å². The van der Waals surface area contributed by atoms with Gasteiger partial charge in [0.05, 0.1) is 17.7 Å². The molecule has 0 amide bonds. The van der Waals surface area contributed by atoms with Gasteiger partial charge in [0, 0.05) is 24.2 Å². The summed E-state index contributed by atoms with van der Waals surface area (Å²) in [7, 11) is 1.50. The Hall–Kier alpha value is -2.77. The highest BCUT2D eigenvalue weighted by molar-refractivity contribution is 6.33. The molecule has 0 saturated heterocycles. The lowest BCUT2D eigenvalue weighted by molar-refractivity contribution is -0.157.